The highest BCUT2D eigenvalue weighted by atomic mass is 16.5. The van der Waals surface area contributed by atoms with Gasteiger partial charge in [0, 0.05) is 32.0 Å². The molecule has 1 amide bonds. The standard InChI is InChI=1S/C16H20N2O3/c1-16(7-4-10-21-16)12-18-15(20)14-6-8-17-11-13(14)5-2-3-9-19/h6,8,11,19H,3-4,7,9-10,12H2,1H3,(H,18,20). The lowest BCUT2D eigenvalue weighted by molar-refractivity contribution is 0.0206. The average molecular weight is 288 g/mol. The maximum Gasteiger partial charge on any atom is 0.252 e. The molecule has 1 atom stereocenters. The van der Waals surface area contributed by atoms with Gasteiger partial charge in [0.25, 0.3) is 5.91 Å². The molecule has 1 aliphatic heterocycles. The molecular formula is C16H20N2O3. The van der Waals surface area contributed by atoms with E-state index in [2.05, 4.69) is 22.1 Å². The van der Waals surface area contributed by atoms with E-state index in [4.69, 9.17) is 9.84 Å². The minimum absolute atomic E-state index is 0.00445. The van der Waals surface area contributed by atoms with Crippen LogP contribution in [0.15, 0.2) is 18.5 Å². The van der Waals surface area contributed by atoms with Crippen molar-refractivity contribution >= 4 is 5.91 Å². The molecule has 2 heterocycles. The Morgan fingerprint density at radius 1 is 1.62 bits per heavy atom. The van der Waals surface area contributed by atoms with E-state index in [1.165, 1.54) is 0 Å². The number of hydrogen-bond donors (Lipinski definition) is 2. The number of rotatable bonds is 4. The largest absolute Gasteiger partial charge is 0.395 e. The molecule has 1 unspecified atom stereocenters. The van der Waals surface area contributed by atoms with Crippen molar-refractivity contribution in [2.45, 2.75) is 31.8 Å². The first kappa shape index (κ1) is 15.5. The lowest BCUT2D eigenvalue weighted by Gasteiger charge is -2.23. The third kappa shape index (κ3) is 4.28. The van der Waals surface area contributed by atoms with E-state index in [0.717, 1.165) is 19.4 Å². The summed E-state index contributed by atoms with van der Waals surface area (Å²) in [5.41, 5.74) is 0.795. The molecule has 0 saturated carbocycles. The van der Waals surface area contributed by atoms with Gasteiger partial charge in [0.05, 0.1) is 23.3 Å². The van der Waals surface area contributed by atoms with Crippen molar-refractivity contribution in [2.24, 2.45) is 0 Å². The molecule has 1 aromatic heterocycles. The van der Waals surface area contributed by atoms with Crippen LogP contribution < -0.4 is 5.32 Å². The van der Waals surface area contributed by atoms with Gasteiger partial charge in [-0.1, -0.05) is 11.8 Å². The van der Waals surface area contributed by atoms with Crippen LogP contribution in [0.25, 0.3) is 0 Å². The Morgan fingerprint density at radius 3 is 3.19 bits per heavy atom. The molecule has 2 rings (SSSR count). The minimum atomic E-state index is -0.272. The predicted octanol–water partition coefficient (Wildman–Crippen LogP) is 1.11. The first-order valence-corrected chi connectivity index (χ1v) is 7.10. The Morgan fingerprint density at radius 2 is 2.48 bits per heavy atom. The highest BCUT2D eigenvalue weighted by Gasteiger charge is 2.30. The van der Waals surface area contributed by atoms with Crippen LogP contribution in [0.2, 0.25) is 0 Å². The Labute approximate surface area is 124 Å². The number of nitrogens with zero attached hydrogens (tertiary/aromatic N) is 1. The van der Waals surface area contributed by atoms with Gasteiger partial charge in [-0.25, -0.2) is 0 Å². The van der Waals surface area contributed by atoms with Gasteiger partial charge in [0.1, 0.15) is 0 Å². The molecule has 1 aromatic rings. The van der Waals surface area contributed by atoms with Crippen molar-refractivity contribution in [1.29, 1.82) is 0 Å². The van der Waals surface area contributed by atoms with Crippen LogP contribution in [0.3, 0.4) is 0 Å². The number of carbonyl (C=O) groups is 1. The number of amides is 1. The molecule has 0 spiro atoms. The van der Waals surface area contributed by atoms with E-state index < -0.39 is 0 Å². The number of aromatic nitrogens is 1. The highest BCUT2D eigenvalue weighted by molar-refractivity contribution is 5.96. The number of aliphatic hydroxyl groups is 1. The summed E-state index contributed by atoms with van der Waals surface area (Å²) in [7, 11) is 0. The number of hydrogen-bond acceptors (Lipinski definition) is 4. The fourth-order valence-corrected chi connectivity index (χ4v) is 2.24. The number of aliphatic hydroxyl groups excluding tert-OH is 1. The van der Waals surface area contributed by atoms with Crippen molar-refractivity contribution in [1.82, 2.24) is 10.3 Å². The van der Waals surface area contributed by atoms with Crippen molar-refractivity contribution in [3.8, 4) is 11.8 Å². The van der Waals surface area contributed by atoms with Crippen LogP contribution >= 0.6 is 0 Å². The smallest absolute Gasteiger partial charge is 0.252 e. The van der Waals surface area contributed by atoms with Crippen LogP contribution in [0.5, 0.6) is 0 Å². The van der Waals surface area contributed by atoms with Gasteiger partial charge in [-0.15, -0.1) is 0 Å². The zero-order valence-corrected chi connectivity index (χ0v) is 12.2. The van der Waals surface area contributed by atoms with Crippen LogP contribution in [0.4, 0.5) is 0 Å². The maximum absolute atomic E-state index is 12.3. The lowest BCUT2D eigenvalue weighted by atomic mass is 10.0. The zero-order chi connectivity index (χ0) is 15.1. The SMILES string of the molecule is CC1(CNC(=O)c2ccncc2C#CCCO)CCCO1. The maximum atomic E-state index is 12.3. The van der Waals surface area contributed by atoms with E-state index in [1.807, 2.05) is 6.92 Å². The van der Waals surface area contributed by atoms with E-state index in [-0.39, 0.29) is 18.1 Å². The van der Waals surface area contributed by atoms with Crippen molar-refractivity contribution in [2.75, 3.05) is 19.8 Å². The molecule has 2 N–H and O–H groups in total. The molecule has 0 bridgehead atoms. The van der Waals surface area contributed by atoms with Crippen molar-refractivity contribution < 1.29 is 14.6 Å². The molecular weight excluding hydrogens is 268 g/mol. The summed E-state index contributed by atoms with van der Waals surface area (Å²) in [5, 5.41) is 11.6. The van der Waals surface area contributed by atoms with E-state index >= 15 is 0 Å². The summed E-state index contributed by atoms with van der Waals surface area (Å²) in [5.74, 6) is 5.50. The fraction of sp³-hybridized carbons (Fsp3) is 0.500. The molecule has 0 radical (unpaired) electrons. The summed E-state index contributed by atoms with van der Waals surface area (Å²) >= 11 is 0. The summed E-state index contributed by atoms with van der Waals surface area (Å²) in [4.78, 5) is 16.3. The number of carbonyl (C=O) groups excluding carboxylic acids is 1. The van der Waals surface area contributed by atoms with Crippen LogP contribution in [0.1, 0.15) is 42.1 Å². The third-order valence-electron chi connectivity index (χ3n) is 3.45. The quantitative estimate of drug-likeness (QED) is 0.814. The van der Waals surface area contributed by atoms with Gasteiger partial charge in [0.2, 0.25) is 0 Å². The van der Waals surface area contributed by atoms with E-state index in [1.54, 1.807) is 18.5 Å². The third-order valence-corrected chi connectivity index (χ3v) is 3.45. The monoisotopic (exact) mass is 288 g/mol. The van der Waals surface area contributed by atoms with Gasteiger partial charge < -0.3 is 15.2 Å². The van der Waals surface area contributed by atoms with Crippen molar-refractivity contribution in [3.05, 3.63) is 29.6 Å². The molecule has 0 aromatic carbocycles. The second-order valence-electron chi connectivity index (χ2n) is 5.28. The van der Waals surface area contributed by atoms with E-state index in [0.29, 0.717) is 24.1 Å². The van der Waals surface area contributed by atoms with Crippen LogP contribution in [0, 0.1) is 11.8 Å². The van der Waals surface area contributed by atoms with Gasteiger partial charge in [-0.05, 0) is 25.8 Å². The minimum Gasteiger partial charge on any atom is -0.395 e. The van der Waals surface area contributed by atoms with Crippen LogP contribution in [-0.4, -0.2) is 41.4 Å². The summed E-state index contributed by atoms with van der Waals surface area (Å²) < 4.78 is 5.65. The molecule has 1 aliphatic rings. The van der Waals surface area contributed by atoms with Gasteiger partial charge in [0.15, 0.2) is 0 Å². The topological polar surface area (TPSA) is 71.5 Å². The predicted molar refractivity (Wildman–Crippen MR) is 78.7 cm³/mol. The molecule has 5 heteroatoms. The second kappa shape index (κ2) is 7.21. The molecule has 21 heavy (non-hydrogen) atoms. The number of nitrogens with one attached hydrogen (secondary N) is 1. The molecule has 5 nitrogen and oxygen atoms in total. The second-order valence-corrected chi connectivity index (χ2v) is 5.28. The Bertz CT molecular complexity index is 554. The normalized spacial score (nSPS) is 20.7. The van der Waals surface area contributed by atoms with E-state index in [9.17, 15) is 4.79 Å². The summed E-state index contributed by atoms with van der Waals surface area (Å²) in [6, 6.07) is 1.65. The number of ether oxygens (including phenoxy) is 1. The molecule has 1 saturated heterocycles. The molecule has 0 aliphatic carbocycles. The first-order valence-electron chi connectivity index (χ1n) is 7.10. The van der Waals surface area contributed by atoms with Gasteiger partial charge in [-0.3, -0.25) is 9.78 Å². The molecule has 1 fully saturated rings. The van der Waals surface area contributed by atoms with Crippen LogP contribution in [-0.2, 0) is 4.74 Å². The van der Waals surface area contributed by atoms with Gasteiger partial charge in [-0.2, -0.15) is 0 Å². The van der Waals surface area contributed by atoms with Crippen molar-refractivity contribution in [3.63, 3.8) is 0 Å². The first-order chi connectivity index (χ1) is 10.1. The summed E-state index contributed by atoms with van der Waals surface area (Å²) in [6.45, 7) is 3.25. The zero-order valence-electron chi connectivity index (χ0n) is 12.2. The fourth-order valence-electron chi connectivity index (χ4n) is 2.24. The summed E-state index contributed by atoms with van der Waals surface area (Å²) in [6.07, 6.45) is 5.49. The average Bonchev–Trinajstić information content (AvgIpc) is 2.93. The number of pyridine rings is 1. The Kier molecular flexibility index (Phi) is 5.32. The Hall–Kier alpha value is -1.90. The molecule has 112 valence electrons. The lowest BCUT2D eigenvalue weighted by Crippen LogP contribution is -2.40. The van der Waals surface area contributed by atoms with Gasteiger partial charge >= 0.3 is 0 Å². The highest BCUT2D eigenvalue weighted by Crippen LogP contribution is 2.24. The Balaban J connectivity index is 2.03.